The Bertz CT molecular complexity index is 850. The minimum absolute atomic E-state index is 0.0492. The largest absolute Gasteiger partial charge is 0.366 e. The lowest BCUT2D eigenvalue weighted by Gasteiger charge is -2.05. The quantitative estimate of drug-likeness (QED) is 0.499. The normalized spacial score (nSPS) is 10.7. The maximum absolute atomic E-state index is 11.2. The van der Waals surface area contributed by atoms with Gasteiger partial charge in [-0.3, -0.25) is 10.1 Å². The number of H-pyrrole nitrogens is 2. The van der Waals surface area contributed by atoms with Crippen LogP contribution >= 0.6 is 0 Å². The van der Waals surface area contributed by atoms with Crippen LogP contribution in [0.25, 0.3) is 11.0 Å². The van der Waals surface area contributed by atoms with E-state index in [9.17, 15) is 14.9 Å². The number of nitro groups is 1. The van der Waals surface area contributed by atoms with Crippen molar-refractivity contribution in [3.8, 4) is 0 Å². The molecule has 0 fully saturated rings. The monoisotopic (exact) mass is 285 g/mol. The lowest BCUT2D eigenvalue weighted by molar-refractivity contribution is -0.385. The molecule has 0 aliphatic carbocycles. The van der Waals surface area contributed by atoms with Gasteiger partial charge in [-0.1, -0.05) is 6.07 Å². The van der Waals surface area contributed by atoms with Crippen molar-refractivity contribution >= 4 is 22.5 Å². The molecule has 0 radical (unpaired) electrons. The number of aromatic amines is 2. The fourth-order valence-corrected chi connectivity index (χ4v) is 1.98. The third-order valence-corrected chi connectivity index (χ3v) is 3.01. The van der Waals surface area contributed by atoms with Crippen LogP contribution in [0.15, 0.2) is 41.3 Å². The molecule has 8 nitrogen and oxygen atoms in total. The first-order valence-electron chi connectivity index (χ1n) is 6.17. The Morgan fingerprint density at radius 2 is 2.00 bits per heavy atom. The first-order chi connectivity index (χ1) is 10.1. The van der Waals surface area contributed by atoms with Gasteiger partial charge in [-0.25, -0.2) is 9.78 Å². The topological polar surface area (TPSA) is 117 Å². The van der Waals surface area contributed by atoms with E-state index in [0.29, 0.717) is 12.4 Å². The highest BCUT2D eigenvalue weighted by molar-refractivity contribution is 5.75. The minimum Gasteiger partial charge on any atom is -0.366 e. The Hall–Kier alpha value is -3.16. The molecule has 0 atom stereocenters. The van der Waals surface area contributed by atoms with Crippen molar-refractivity contribution < 1.29 is 4.92 Å². The molecular formula is C13H11N5O3. The van der Waals surface area contributed by atoms with Gasteiger partial charge in [-0.05, 0) is 23.8 Å². The van der Waals surface area contributed by atoms with Gasteiger partial charge in [0.15, 0.2) is 0 Å². The van der Waals surface area contributed by atoms with Crippen molar-refractivity contribution in [1.82, 2.24) is 15.0 Å². The van der Waals surface area contributed by atoms with Crippen LogP contribution in [0.1, 0.15) is 5.56 Å². The molecule has 0 amide bonds. The number of imidazole rings is 1. The molecule has 106 valence electrons. The van der Waals surface area contributed by atoms with E-state index in [1.54, 1.807) is 6.07 Å². The lowest BCUT2D eigenvalue weighted by atomic mass is 10.2. The summed E-state index contributed by atoms with van der Waals surface area (Å²) in [7, 11) is 0. The first-order valence-corrected chi connectivity index (χ1v) is 6.17. The highest BCUT2D eigenvalue weighted by Gasteiger charge is 2.05. The van der Waals surface area contributed by atoms with Gasteiger partial charge in [-0.2, -0.15) is 0 Å². The van der Waals surface area contributed by atoms with Crippen molar-refractivity contribution in [3.63, 3.8) is 0 Å². The Kier molecular flexibility index (Phi) is 3.11. The van der Waals surface area contributed by atoms with Gasteiger partial charge < -0.3 is 15.3 Å². The van der Waals surface area contributed by atoms with Gasteiger partial charge in [0.1, 0.15) is 12.0 Å². The van der Waals surface area contributed by atoms with Crippen LogP contribution in [0.2, 0.25) is 0 Å². The molecule has 2 heterocycles. The van der Waals surface area contributed by atoms with E-state index in [1.165, 1.54) is 12.3 Å². The lowest BCUT2D eigenvalue weighted by Crippen LogP contribution is -2.01. The van der Waals surface area contributed by atoms with E-state index in [2.05, 4.69) is 20.3 Å². The molecular weight excluding hydrogens is 274 g/mol. The maximum Gasteiger partial charge on any atom is 0.323 e. The summed E-state index contributed by atoms with van der Waals surface area (Å²) in [6.07, 6.45) is 1.20. The van der Waals surface area contributed by atoms with E-state index in [0.717, 1.165) is 16.6 Å². The van der Waals surface area contributed by atoms with Crippen LogP contribution in [0.4, 0.5) is 11.5 Å². The van der Waals surface area contributed by atoms with Gasteiger partial charge in [0.25, 0.3) is 5.69 Å². The summed E-state index contributed by atoms with van der Waals surface area (Å²) in [5.41, 5.74) is 2.14. The molecule has 21 heavy (non-hydrogen) atoms. The summed E-state index contributed by atoms with van der Waals surface area (Å²) in [5.74, 6) is 0.545. The zero-order valence-electron chi connectivity index (χ0n) is 10.8. The standard InChI is InChI=1S/C13H11N5O3/c19-13-16-10-3-1-8(5-11(10)17-13)6-14-12-4-2-9(7-15-12)18(20)21/h1-5,7H,6H2,(H,14,15)(H2,16,17,19). The van der Waals surface area contributed by atoms with Crippen LogP contribution in [-0.2, 0) is 6.54 Å². The number of nitrogens with one attached hydrogen (secondary N) is 3. The molecule has 0 aliphatic rings. The molecule has 3 rings (SSSR count). The molecule has 0 aliphatic heterocycles. The number of hydrogen-bond acceptors (Lipinski definition) is 5. The zero-order valence-corrected chi connectivity index (χ0v) is 10.8. The van der Waals surface area contributed by atoms with E-state index in [1.807, 2.05) is 18.2 Å². The Morgan fingerprint density at radius 3 is 2.71 bits per heavy atom. The highest BCUT2D eigenvalue weighted by atomic mass is 16.6. The van der Waals surface area contributed by atoms with Crippen LogP contribution in [0.5, 0.6) is 0 Å². The summed E-state index contributed by atoms with van der Waals surface area (Å²) in [4.78, 5) is 30.5. The predicted octanol–water partition coefficient (Wildman–Crippen LogP) is 1.77. The van der Waals surface area contributed by atoms with Crippen LogP contribution in [-0.4, -0.2) is 19.9 Å². The highest BCUT2D eigenvalue weighted by Crippen LogP contribution is 2.14. The number of aromatic nitrogens is 3. The van der Waals surface area contributed by atoms with Gasteiger partial charge in [0, 0.05) is 12.6 Å². The number of fused-ring (bicyclic) bond motifs is 1. The third-order valence-electron chi connectivity index (χ3n) is 3.01. The van der Waals surface area contributed by atoms with Crippen molar-refractivity contribution in [1.29, 1.82) is 0 Å². The molecule has 0 bridgehead atoms. The smallest absolute Gasteiger partial charge is 0.323 e. The second kappa shape index (κ2) is 5.08. The van der Waals surface area contributed by atoms with Gasteiger partial charge in [0.2, 0.25) is 0 Å². The number of rotatable bonds is 4. The Morgan fingerprint density at radius 1 is 1.19 bits per heavy atom. The van der Waals surface area contributed by atoms with Crippen molar-refractivity contribution in [2.75, 3.05) is 5.32 Å². The number of benzene rings is 1. The number of nitrogens with zero attached hydrogens (tertiary/aromatic N) is 2. The summed E-state index contributed by atoms with van der Waals surface area (Å²) in [6, 6.07) is 8.49. The Labute approximate surface area is 118 Å². The average molecular weight is 285 g/mol. The van der Waals surface area contributed by atoms with Crippen LogP contribution in [0, 0.1) is 10.1 Å². The van der Waals surface area contributed by atoms with E-state index < -0.39 is 4.92 Å². The summed E-state index contributed by atoms with van der Waals surface area (Å²) in [5, 5.41) is 13.6. The summed E-state index contributed by atoms with van der Waals surface area (Å²) >= 11 is 0. The summed E-state index contributed by atoms with van der Waals surface area (Å²) < 4.78 is 0. The number of anilines is 1. The van der Waals surface area contributed by atoms with Gasteiger partial charge >= 0.3 is 5.69 Å². The minimum atomic E-state index is -0.493. The second-order valence-electron chi connectivity index (χ2n) is 4.47. The first kappa shape index (κ1) is 12.9. The number of pyridine rings is 1. The van der Waals surface area contributed by atoms with E-state index in [-0.39, 0.29) is 11.4 Å². The zero-order chi connectivity index (χ0) is 14.8. The maximum atomic E-state index is 11.2. The summed E-state index contributed by atoms with van der Waals surface area (Å²) in [6.45, 7) is 0.494. The van der Waals surface area contributed by atoms with Gasteiger partial charge in [0.05, 0.1) is 16.0 Å². The van der Waals surface area contributed by atoms with Crippen LogP contribution < -0.4 is 11.0 Å². The average Bonchev–Trinajstić information content (AvgIpc) is 2.84. The number of hydrogen-bond donors (Lipinski definition) is 3. The van der Waals surface area contributed by atoms with Crippen LogP contribution in [0.3, 0.4) is 0 Å². The fraction of sp³-hybridized carbons (Fsp3) is 0.0769. The Balaban J connectivity index is 1.73. The molecule has 2 aromatic heterocycles. The van der Waals surface area contributed by atoms with E-state index >= 15 is 0 Å². The predicted molar refractivity (Wildman–Crippen MR) is 77.1 cm³/mol. The molecule has 0 saturated heterocycles. The molecule has 3 aromatic rings. The molecule has 1 aromatic carbocycles. The van der Waals surface area contributed by atoms with Crippen molar-refractivity contribution in [2.24, 2.45) is 0 Å². The molecule has 0 saturated carbocycles. The van der Waals surface area contributed by atoms with Crippen molar-refractivity contribution in [3.05, 3.63) is 62.7 Å². The molecule has 8 heteroatoms. The van der Waals surface area contributed by atoms with E-state index in [4.69, 9.17) is 0 Å². The molecule has 0 spiro atoms. The fourth-order valence-electron chi connectivity index (χ4n) is 1.98. The van der Waals surface area contributed by atoms with Crippen molar-refractivity contribution in [2.45, 2.75) is 6.54 Å². The second-order valence-corrected chi connectivity index (χ2v) is 4.47. The third kappa shape index (κ3) is 2.73. The molecule has 0 unspecified atom stereocenters. The van der Waals surface area contributed by atoms with Gasteiger partial charge in [-0.15, -0.1) is 0 Å². The molecule has 3 N–H and O–H groups in total. The SMILES string of the molecule is O=c1[nH]c2ccc(CNc3ccc([N+](=O)[O-])cn3)cc2[nH]1.